The molecule has 2 rings (SSSR count). The Morgan fingerprint density at radius 2 is 2.07 bits per heavy atom. The van der Waals surface area contributed by atoms with E-state index in [1.807, 2.05) is 0 Å². The number of nitrogen functional groups attached to an aromatic ring is 1. The molecule has 0 bridgehead atoms. The lowest BCUT2D eigenvalue weighted by atomic mass is 9.98. The maximum absolute atomic E-state index is 13.0. The molecule has 3 heteroatoms. The molecule has 1 saturated carbocycles. The number of hydrogen-bond acceptors (Lipinski definition) is 2. The fourth-order valence-electron chi connectivity index (χ4n) is 1.89. The van der Waals surface area contributed by atoms with Gasteiger partial charge in [0, 0.05) is 5.54 Å². The second-order valence-corrected chi connectivity index (χ2v) is 4.85. The molecular formula is C12H17FN2. The predicted molar refractivity (Wildman–Crippen MR) is 61.2 cm³/mol. The summed E-state index contributed by atoms with van der Waals surface area (Å²) in [4.78, 5) is 0. The van der Waals surface area contributed by atoms with Crippen molar-refractivity contribution in [1.82, 2.24) is 0 Å². The van der Waals surface area contributed by atoms with Gasteiger partial charge in [0.05, 0.1) is 11.4 Å². The van der Waals surface area contributed by atoms with Crippen LogP contribution >= 0.6 is 0 Å². The van der Waals surface area contributed by atoms with E-state index in [9.17, 15) is 4.39 Å². The summed E-state index contributed by atoms with van der Waals surface area (Å²) in [6.07, 6.45) is 2.49. The fourth-order valence-corrected chi connectivity index (χ4v) is 1.89. The van der Waals surface area contributed by atoms with Gasteiger partial charge in [0.2, 0.25) is 0 Å². The lowest BCUT2D eigenvalue weighted by Gasteiger charge is -2.28. The number of anilines is 2. The van der Waals surface area contributed by atoms with Crippen LogP contribution in [0, 0.1) is 11.7 Å². The van der Waals surface area contributed by atoms with Gasteiger partial charge >= 0.3 is 0 Å². The van der Waals surface area contributed by atoms with E-state index < -0.39 is 0 Å². The molecule has 0 amide bonds. The van der Waals surface area contributed by atoms with E-state index in [4.69, 9.17) is 5.73 Å². The van der Waals surface area contributed by atoms with Gasteiger partial charge in [-0.15, -0.1) is 0 Å². The van der Waals surface area contributed by atoms with Crippen molar-refractivity contribution < 1.29 is 4.39 Å². The summed E-state index contributed by atoms with van der Waals surface area (Å²) in [6, 6.07) is 4.44. The van der Waals surface area contributed by atoms with Crippen LogP contribution < -0.4 is 11.1 Å². The molecule has 0 radical (unpaired) electrons. The van der Waals surface area contributed by atoms with Gasteiger partial charge < -0.3 is 11.1 Å². The molecule has 0 saturated heterocycles. The first-order valence-electron chi connectivity index (χ1n) is 5.32. The van der Waals surface area contributed by atoms with E-state index in [2.05, 4.69) is 19.2 Å². The van der Waals surface area contributed by atoms with Crippen molar-refractivity contribution in [3.05, 3.63) is 24.0 Å². The molecule has 1 aromatic carbocycles. The van der Waals surface area contributed by atoms with Crippen molar-refractivity contribution >= 4 is 11.4 Å². The van der Waals surface area contributed by atoms with Gasteiger partial charge in [-0.2, -0.15) is 0 Å². The third kappa shape index (κ3) is 2.22. The molecule has 1 aromatic rings. The molecule has 82 valence electrons. The molecule has 0 aliphatic heterocycles. The van der Waals surface area contributed by atoms with E-state index in [0.717, 1.165) is 0 Å². The summed E-state index contributed by atoms with van der Waals surface area (Å²) in [6.45, 7) is 4.27. The molecule has 0 spiro atoms. The smallest absolute Gasteiger partial charge is 0.125 e. The molecule has 2 nitrogen and oxygen atoms in total. The Morgan fingerprint density at radius 3 is 2.67 bits per heavy atom. The molecule has 0 heterocycles. The van der Waals surface area contributed by atoms with Crippen LogP contribution in [0.1, 0.15) is 26.7 Å². The number of hydrogen-bond donors (Lipinski definition) is 2. The summed E-state index contributed by atoms with van der Waals surface area (Å²) in [5.74, 6) is 0.429. The summed E-state index contributed by atoms with van der Waals surface area (Å²) in [7, 11) is 0. The van der Waals surface area contributed by atoms with Crippen molar-refractivity contribution in [2.75, 3.05) is 11.1 Å². The Morgan fingerprint density at radius 1 is 1.40 bits per heavy atom. The van der Waals surface area contributed by atoms with Crippen molar-refractivity contribution in [3.63, 3.8) is 0 Å². The standard InChI is InChI=1S/C12H17FN2/c1-12(2,8-3-4-8)15-11-7-9(13)5-6-10(11)14/h5-8,15H,3-4,14H2,1-2H3. The third-order valence-electron chi connectivity index (χ3n) is 3.07. The van der Waals surface area contributed by atoms with Crippen molar-refractivity contribution in [2.24, 2.45) is 5.92 Å². The highest BCUT2D eigenvalue weighted by Gasteiger charge is 2.37. The van der Waals surface area contributed by atoms with Crippen molar-refractivity contribution in [3.8, 4) is 0 Å². The highest BCUT2D eigenvalue weighted by atomic mass is 19.1. The minimum absolute atomic E-state index is 0.00190. The number of benzene rings is 1. The number of nitrogens with one attached hydrogen (secondary N) is 1. The first-order valence-corrected chi connectivity index (χ1v) is 5.32. The largest absolute Gasteiger partial charge is 0.397 e. The van der Waals surface area contributed by atoms with E-state index >= 15 is 0 Å². The Balaban J connectivity index is 2.19. The molecule has 0 unspecified atom stereocenters. The zero-order chi connectivity index (χ0) is 11.1. The SMILES string of the molecule is CC(C)(Nc1cc(F)ccc1N)C1CC1. The fraction of sp³-hybridized carbons (Fsp3) is 0.500. The van der Waals surface area contributed by atoms with Gasteiger partial charge in [0.1, 0.15) is 5.82 Å². The predicted octanol–water partition coefficient (Wildman–Crippen LogP) is 3.01. The highest BCUT2D eigenvalue weighted by molar-refractivity contribution is 5.66. The average Bonchev–Trinajstić information content (AvgIpc) is 2.93. The van der Waals surface area contributed by atoms with Gasteiger partial charge in [-0.05, 0) is 50.8 Å². The van der Waals surface area contributed by atoms with Gasteiger partial charge in [-0.1, -0.05) is 0 Å². The number of nitrogens with two attached hydrogens (primary N) is 1. The quantitative estimate of drug-likeness (QED) is 0.749. The minimum atomic E-state index is -0.252. The van der Waals surface area contributed by atoms with Crippen LogP contribution in [0.3, 0.4) is 0 Å². The molecule has 0 aromatic heterocycles. The van der Waals surface area contributed by atoms with E-state index in [0.29, 0.717) is 17.3 Å². The van der Waals surface area contributed by atoms with Gasteiger partial charge in [0.15, 0.2) is 0 Å². The van der Waals surface area contributed by atoms with Gasteiger partial charge in [0.25, 0.3) is 0 Å². The van der Waals surface area contributed by atoms with Crippen LogP contribution in [0.4, 0.5) is 15.8 Å². The van der Waals surface area contributed by atoms with Crippen LogP contribution in [0.25, 0.3) is 0 Å². The number of halogens is 1. The Kier molecular flexibility index (Phi) is 2.33. The normalized spacial score (nSPS) is 16.5. The molecule has 1 aliphatic rings. The third-order valence-corrected chi connectivity index (χ3v) is 3.07. The highest BCUT2D eigenvalue weighted by Crippen LogP contribution is 2.41. The van der Waals surface area contributed by atoms with Crippen molar-refractivity contribution in [2.45, 2.75) is 32.2 Å². The number of rotatable bonds is 3. The summed E-state index contributed by atoms with van der Waals surface area (Å²) < 4.78 is 13.0. The second-order valence-electron chi connectivity index (χ2n) is 4.85. The van der Waals surface area contributed by atoms with Crippen LogP contribution in [-0.2, 0) is 0 Å². The van der Waals surface area contributed by atoms with Crippen LogP contribution in [0.15, 0.2) is 18.2 Å². The maximum Gasteiger partial charge on any atom is 0.125 e. The van der Waals surface area contributed by atoms with Crippen LogP contribution in [-0.4, -0.2) is 5.54 Å². The first-order chi connectivity index (χ1) is 6.99. The van der Waals surface area contributed by atoms with Gasteiger partial charge in [-0.25, -0.2) is 4.39 Å². The van der Waals surface area contributed by atoms with E-state index in [-0.39, 0.29) is 11.4 Å². The molecule has 1 aliphatic carbocycles. The Bertz CT molecular complexity index is 370. The monoisotopic (exact) mass is 208 g/mol. The molecule has 1 fully saturated rings. The first kappa shape index (κ1) is 10.3. The lowest BCUT2D eigenvalue weighted by molar-refractivity contribution is 0.494. The van der Waals surface area contributed by atoms with Crippen LogP contribution in [0.2, 0.25) is 0 Å². The second kappa shape index (κ2) is 3.40. The summed E-state index contributed by atoms with van der Waals surface area (Å²) in [5.41, 5.74) is 7.09. The van der Waals surface area contributed by atoms with Crippen LogP contribution in [0.5, 0.6) is 0 Å². The maximum atomic E-state index is 13.0. The average molecular weight is 208 g/mol. The topological polar surface area (TPSA) is 38.0 Å². The van der Waals surface area contributed by atoms with Gasteiger partial charge in [-0.3, -0.25) is 0 Å². The summed E-state index contributed by atoms with van der Waals surface area (Å²) in [5, 5.41) is 3.32. The van der Waals surface area contributed by atoms with E-state index in [1.165, 1.54) is 25.0 Å². The summed E-state index contributed by atoms with van der Waals surface area (Å²) >= 11 is 0. The Hall–Kier alpha value is -1.25. The molecule has 0 atom stereocenters. The Labute approximate surface area is 89.7 Å². The lowest BCUT2D eigenvalue weighted by Crippen LogP contribution is -2.33. The molecular weight excluding hydrogens is 191 g/mol. The minimum Gasteiger partial charge on any atom is -0.397 e. The molecule has 3 N–H and O–H groups in total. The zero-order valence-electron chi connectivity index (χ0n) is 9.18. The van der Waals surface area contributed by atoms with E-state index in [1.54, 1.807) is 6.07 Å². The molecule has 15 heavy (non-hydrogen) atoms. The van der Waals surface area contributed by atoms with Crippen molar-refractivity contribution in [1.29, 1.82) is 0 Å². The zero-order valence-corrected chi connectivity index (χ0v) is 9.18.